The van der Waals surface area contributed by atoms with Crippen molar-refractivity contribution in [2.75, 3.05) is 19.6 Å². The highest BCUT2D eigenvalue weighted by Crippen LogP contribution is 2.27. The fourth-order valence-corrected chi connectivity index (χ4v) is 4.20. The average Bonchev–Trinajstić information content (AvgIpc) is 2.87. The van der Waals surface area contributed by atoms with Gasteiger partial charge in [0, 0.05) is 25.1 Å². The van der Waals surface area contributed by atoms with E-state index in [0.717, 1.165) is 34.4 Å². The first-order chi connectivity index (χ1) is 18.6. The largest absolute Gasteiger partial charge is 0.477 e. The van der Waals surface area contributed by atoms with Gasteiger partial charge in [-0.2, -0.15) is 0 Å². The van der Waals surface area contributed by atoms with Crippen LogP contribution in [0.25, 0.3) is 11.1 Å². The van der Waals surface area contributed by atoms with E-state index >= 15 is 0 Å². The number of rotatable bonds is 13. The number of carbonyl (C=O) groups is 3. The molecule has 0 heterocycles. The number of hydrogen-bond donors (Lipinski definition) is 5. The Labute approximate surface area is 224 Å². The first kappa shape index (κ1) is 29.4. The van der Waals surface area contributed by atoms with Gasteiger partial charge in [0.15, 0.2) is 0 Å². The Hall–Kier alpha value is -4.15. The molecular formula is C29H31F2N3O5. The molecule has 0 aromatic heterocycles. The average molecular weight is 540 g/mol. The molecule has 3 aromatic carbocycles. The van der Waals surface area contributed by atoms with Crippen molar-refractivity contribution in [1.29, 1.82) is 0 Å². The Morgan fingerprint density at radius 3 is 2.33 bits per heavy atom. The Bertz CT molecular complexity index is 1340. The second-order valence-electron chi connectivity index (χ2n) is 9.16. The topological polar surface area (TPSA) is 142 Å². The highest BCUT2D eigenvalue weighted by molar-refractivity contribution is 5.93. The number of carboxylic acid groups (broad SMARTS) is 1. The van der Waals surface area contributed by atoms with Crippen molar-refractivity contribution in [1.82, 2.24) is 10.6 Å². The zero-order valence-electron chi connectivity index (χ0n) is 21.5. The molecule has 0 spiro atoms. The number of benzene rings is 3. The van der Waals surface area contributed by atoms with Crippen LogP contribution in [0.3, 0.4) is 0 Å². The number of hydrogen-bond acceptors (Lipinski definition) is 5. The first-order valence-corrected chi connectivity index (χ1v) is 12.4. The zero-order valence-corrected chi connectivity index (χ0v) is 21.5. The standard InChI is InChI=1S/C29H31F2N3O5/c1-17-13-21(28(32)37)5-6-22(17)19-3-2-4-20(16-19)25(35)8-10-33-11-9-26(36)34-12-7-18-14-23(30)27(29(38)39)24(31)15-18/h2-6,13-16,25,33,35H,7-12H2,1H3,(H2,32,37)(H,34,36)(H,38,39). The van der Waals surface area contributed by atoms with Gasteiger partial charge in [0.2, 0.25) is 11.8 Å². The Balaban J connectivity index is 1.39. The molecule has 8 nitrogen and oxygen atoms in total. The van der Waals surface area contributed by atoms with Crippen molar-refractivity contribution in [3.05, 3.63) is 94.0 Å². The van der Waals surface area contributed by atoms with E-state index in [-0.39, 0.29) is 30.9 Å². The summed E-state index contributed by atoms with van der Waals surface area (Å²) in [6.45, 7) is 2.88. The molecule has 1 unspecified atom stereocenters. The third-order valence-corrected chi connectivity index (χ3v) is 6.27. The van der Waals surface area contributed by atoms with Crippen molar-refractivity contribution >= 4 is 17.8 Å². The van der Waals surface area contributed by atoms with Crippen LogP contribution < -0.4 is 16.4 Å². The maximum Gasteiger partial charge on any atom is 0.341 e. The molecule has 3 aromatic rings. The highest BCUT2D eigenvalue weighted by Gasteiger charge is 2.17. The van der Waals surface area contributed by atoms with Crippen LogP contribution >= 0.6 is 0 Å². The SMILES string of the molecule is Cc1cc(C(N)=O)ccc1-c1cccc(C(O)CCNCCC(=O)NCCc2cc(F)c(C(=O)O)c(F)c2)c1. The first-order valence-electron chi connectivity index (χ1n) is 12.4. The van der Waals surface area contributed by atoms with E-state index in [2.05, 4.69) is 10.6 Å². The summed E-state index contributed by atoms with van der Waals surface area (Å²) in [7, 11) is 0. The van der Waals surface area contributed by atoms with Crippen LogP contribution in [-0.2, 0) is 11.2 Å². The van der Waals surface area contributed by atoms with Gasteiger partial charge in [-0.3, -0.25) is 9.59 Å². The summed E-state index contributed by atoms with van der Waals surface area (Å²) in [6, 6.07) is 14.7. The van der Waals surface area contributed by atoms with E-state index in [9.17, 15) is 28.3 Å². The fourth-order valence-electron chi connectivity index (χ4n) is 4.20. The van der Waals surface area contributed by atoms with Crippen molar-refractivity contribution in [3.8, 4) is 11.1 Å². The van der Waals surface area contributed by atoms with Gasteiger partial charge in [-0.05, 0) is 84.5 Å². The monoisotopic (exact) mass is 539 g/mol. The highest BCUT2D eigenvalue weighted by atomic mass is 19.1. The second-order valence-corrected chi connectivity index (χ2v) is 9.16. The zero-order chi connectivity index (χ0) is 28.5. The van der Waals surface area contributed by atoms with Crippen LogP contribution in [0.5, 0.6) is 0 Å². The molecule has 206 valence electrons. The molecule has 6 N–H and O–H groups in total. The van der Waals surface area contributed by atoms with Gasteiger partial charge < -0.3 is 26.6 Å². The van der Waals surface area contributed by atoms with Gasteiger partial charge in [-0.1, -0.05) is 24.3 Å². The number of aliphatic hydroxyl groups is 1. The minimum absolute atomic E-state index is 0.143. The third kappa shape index (κ3) is 8.17. The molecule has 3 rings (SSSR count). The molecule has 2 amide bonds. The number of primary amides is 1. The van der Waals surface area contributed by atoms with E-state index in [1.54, 1.807) is 12.1 Å². The summed E-state index contributed by atoms with van der Waals surface area (Å²) >= 11 is 0. The summed E-state index contributed by atoms with van der Waals surface area (Å²) in [5.74, 6) is -4.73. The lowest BCUT2D eigenvalue weighted by Gasteiger charge is -2.14. The molecular weight excluding hydrogens is 508 g/mol. The van der Waals surface area contributed by atoms with Gasteiger partial charge in [-0.15, -0.1) is 0 Å². The Morgan fingerprint density at radius 2 is 1.69 bits per heavy atom. The summed E-state index contributed by atoms with van der Waals surface area (Å²) in [5, 5.41) is 25.2. The van der Waals surface area contributed by atoms with Crippen molar-refractivity contribution in [2.45, 2.75) is 32.3 Å². The number of carbonyl (C=O) groups excluding carboxylic acids is 2. The van der Waals surface area contributed by atoms with Gasteiger partial charge in [0.1, 0.15) is 17.2 Å². The van der Waals surface area contributed by atoms with Crippen LogP contribution in [0.2, 0.25) is 0 Å². The number of nitrogens with one attached hydrogen (secondary N) is 2. The van der Waals surface area contributed by atoms with E-state index in [1.807, 2.05) is 37.3 Å². The number of carboxylic acids is 1. The second kappa shape index (κ2) is 13.6. The number of nitrogens with two attached hydrogens (primary N) is 1. The molecule has 0 fully saturated rings. The van der Waals surface area contributed by atoms with Gasteiger partial charge >= 0.3 is 5.97 Å². The maximum atomic E-state index is 13.8. The lowest BCUT2D eigenvalue weighted by molar-refractivity contribution is -0.120. The maximum absolute atomic E-state index is 13.8. The summed E-state index contributed by atoms with van der Waals surface area (Å²) in [5.41, 5.74) is 8.51. The van der Waals surface area contributed by atoms with Crippen LogP contribution in [0.4, 0.5) is 8.78 Å². The molecule has 0 aliphatic carbocycles. The predicted molar refractivity (Wildman–Crippen MR) is 142 cm³/mol. The van der Waals surface area contributed by atoms with Crippen LogP contribution in [0.1, 0.15) is 56.4 Å². The number of aryl methyl sites for hydroxylation is 1. The quantitative estimate of drug-likeness (QED) is 0.211. The van der Waals surface area contributed by atoms with Crippen molar-refractivity contribution in [2.24, 2.45) is 5.73 Å². The van der Waals surface area contributed by atoms with Crippen LogP contribution in [0, 0.1) is 18.6 Å². The van der Waals surface area contributed by atoms with Gasteiger partial charge in [0.05, 0.1) is 6.10 Å². The Morgan fingerprint density at radius 1 is 0.974 bits per heavy atom. The molecule has 0 aliphatic rings. The third-order valence-electron chi connectivity index (χ3n) is 6.27. The summed E-state index contributed by atoms with van der Waals surface area (Å²) in [4.78, 5) is 34.3. The number of amides is 2. The molecule has 0 radical (unpaired) electrons. The van der Waals surface area contributed by atoms with E-state index in [4.69, 9.17) is 10.8 Å². The Kier molecular flexibility index (Phi) is 10.2. The van der Waals surface area contributed by atoms with Crippen molar-refractivity contribution in [3.63, 3.8) is 0 Å². The van der Waals surface area contributed by atoms with Crippen LogP contribution in [-0.4, -0.2) is 47.6 Å². The molecule has 39 heavy (non-hydrogen) atoms. The lowest BCUT2D eigenvalue weighted by atomic mass is 9.95. The van der Waals surface area contributed by atoms with Crippen molar-refractivity contribution < 1.29 is 33.4 Å². The number of aliphatic hydroxyl groups excluding tert-OH is 1. The fraction of sp³-hybridized carbons (Fsp3) is 0.276. The normalized spacial score (nSPS) is 11.7. The molecule has 0 saturated carbocycles. The van der Waals surface area contributed by atoms with Gasteiger partial charge in [0.25, 0.3) is 0 Å². The lowest BCUT2D eigenvalue weighted by Crippen LogP contribution is -2.29. The summed E-state index contributed by atoms with van der Waals surface area (Å²) < 4.78 is 27.5. The van der Waals surface area contributed by atoms with E-state index in [1.165, 1.54) is 0 Å². The molecule has 1 atom stereocenters. The summed E-state index contributed by atoms with van der Waals surface area (Å²) in [6.07, 6.45) is 0.0262. The number of aromatic carboxylic acids is 1. The van der Waals surface area contributed by atoms with E-state index < -0.39 is 35.2 Å². The molecule has 0 bridgehead atoms. The minimum Gasteiger partial charge on any atom is -0.477 e. The molecule has 0 saturated heterocycles. The van der Waals surface area contributed by atoms with Gasteiger partial charge in [-0.25, -0.2) is 13.6 Å². The number of halogens is 2. The van der Waals surface area contributed by atoms with Crippen LogP contribution in [0.15, 0.2) is 54.6 Å². The predicted octanol–water partition coefficient (Wildman–Crippen LogP) is 3.50. The minimum atomic E-state index is -1.68. The molecule has 0 aliphatic heterocycles. The molecule has 10 heteroatoms. The smallest absolute Gasteiger partial charge is 0.341 e. The van der Waals surface area contributed by atoms with E-state index in [0.29, 0.717) is 25.1 Å².